The quantitative estimate of drug-likeness (QED) is 0.704. The van der Waals surface area contributed by atoms with Crippen molar-refractivity contribution in [1.29, 1.82) is 0 Å². The van der Waals surface area contributed by atoms with Crippen LogP contribution in [-0.4, -0.2) is 11.1 Å². The second-order valence-electron chi connectivity index (χ2n) is 3.13. The van der Waals surface area contributed by atoms with Gasteiger partial charge in [0.05, 0.1) is 6.10 Å². The Morgan fingerprint density at radius 1 is 1.50 bits per heavy atom. The Hall–Kier alpha value is -0.380. The smallest absolute Gasteiger partial charge is 0.0957 e. The van der Waals surface area contributed by atoms with Gasteiger partial charge in [0.2, 0.25) is 0 Å². The third-order valence-corrected chi connectivity index (χ3v) is 2.99. The highest BCUT2D eigenvalue weighted by Gasteiger charge is 2.29. The Balaban J connectivity index is 2.55. The largest absolute Gasteiger partial charge is 0.387 e. The molecule has 0 bridgehead atoms. The van der Waals surface area contributed by atoms with Crippen molar-refractivity contribution in [2.75, 3.05) is 0 Å². The molecular formula is C9H10BrNO. The third kappa shape index (κ3) is 1.09. The van der Waals surface area contributed by atoms with E-state index in [4.69, 9.17) is 5.73 Å². The first-order chi connectivity index (χ1) is 5.70. The summed E-state index contributed by atoms with van der Waals surface area (Å²) >= 11 is 3.40. The molecule has 0 saturated heterocycles. The van der Waals surface area contributed by atoms with Crippen molar-refractivity contribution in [2.24, 2.45) is 5.73 Å². The predicted octanol–water partition coefficient (Wildman–Crippen LogP) is 1.37. The van der Waals surface area contributed by atoms with Gasteiger partial charge in [-0.3, -0.25) is 0 Å². The minimum atomic E-state index is -0.504. The third-order valence-electron chi connectivity index (χ3n) is 2.30. The van der Waals surface area contributed by atoms with Gasteiger partial charge in [-0.1, -0.05) is 28.1 Å². The number of benzene rings is 1. The van der Waals surface area contributed by atoms with E-state index < -0.39 is 6.10 Å². The van der Waals surface area contributed by atoms with Gasteiger partial charge in [0.25, 0.3) is 0 Å². The van der Waals surface area contributed by atoms with E-state index in [9.17, 15) is 5.11 Å². The lowest BCUT2D eigenvalue weighted by atomic mass is 10.1. The molecule has 0 radical (unpaired) electrons. The SMILES string of the molecule is N[C@H]1Cc2cccc(Br)c2[C@@H]1O. The van der Waals surface area contributed by atoms with E-state index in [1.807, 2.05) is 18.2 Å². The van der Waals surface area contributed by atoms with Crippen LogP contribution in [0.4, 0.5) is 0 Å². The molecule has 3 heteroatoms. The highest BCUT2D eigenvalue weighted by molar-refractivity contribution is 9.10. The number of fused-ring (bicyclic) bond motifs is 1. The van der Waals surface area contributed by atoms with Gasteiger partial charge in [0.15, 0.2) is 0 Å². The van der Waals surface area contributed by atoms with Crippen LogP contribution in [0.2, 0.25) is 0 Å². The van der Waals surface area contributed by atoms with Crippen LogP contribution in [-0.2, 0) is 6.42 Å². The van der Waals surface area contributed by atoms with Crippen LogP contribution in [0.15, 0.2) is 22.7 Å². The molecule has 1 aromatic carbocycles. The van der Waals surface area contributed by atoms with Crippen LogP contribution in [0.3, 0.4) is 0 Å². The van der Waals surface area contributed by atoms with Gasteiger partial charge >= 0.3 is 0 Å². The van der Waals surface area contributed by atoms with E-state index in [-0.39, 0.29) is 6.04 Å². The molecule has 0 aromatic heterocycles. The summed E-state index contributed by atoms with van der Waals surface area (Å²) in [6.07, 6.45) is 0.270. The van der Waals surface area contributed by atoms with Crippen LogP contribution in [0.25, 0.3) is 0 Å². The number of aliphatic hydroxyl groups is 1. The van der Waals surface area contributed by atoms with Crippen molar-refractivity contribution >= 4 is 15.9 Å². The zero-order valence-corrected chi connectivity index (χ0v) is 8.08. The van der Waals surface area contributed by atoms with Crippen molar-refractivity contribution in [2.45, 2.75) is 18.6 Å². The van der Waals surface area contributed by atoms with Crippen molar-refractivity contribution in [3.05, 3.63) is 33.8 Å². The minimum Gasteiger partial charge on any atom is -0.387 e. The lowest BCUT2D eigenvalue weighted by Crippen LogP contribution is -2.24. The Kier molecular flexibility index (Phi) is 1.94. The lowest BCUT2D eigenvalue weighted by Gasteiger charge is -2.09. The molecule has 3 N–H and O–H groups in total. The van der Waals surface area contributed by atoms with Crippen LogP contribution in [0.5, 0.6) is 0 Å². The maximum atomic E-state index is 9.68. The van der Waals surface area contributed by atoms with Crippen LogP contribution < -0.4 is 5.73 Å². The molecule has 64 valence electrons. The summed E-state index contributed by atoms with van der Waals surface area (Å²) in [5.41, 5.74) is 7.85. The van der Waals surface area contributed by atoms with Gasteiger partial charge in [-0.15, -0.1) is 0 Å². The molecule has 0 amide bonds. The molecule has 1 aliphatic carbocycles. The van der Waals surface area contributed by atoms with Gasteiger partial charge in [-0.25, -0.2) is 0 Å². The van der Waals surface area contributed by atoms with E-state index in [2.05, 4.69) is 15.9 Å². The number of halogens is 1. The maximum Gasteiger partial charge on any atom is 0.0957 e. The molecule has 2 rings (SSSR count). The monoisotopic (exact) mass is 227 g/mol. The lowest BCUT2D eigenvalue weighted by molar-refractivity contribution is 0.159. The van der Waals surface area contributed by atoms with Gasteiger partial charge in [-0.05, 0) is 23.6 Å². The molecule has 0 unspecified atom stereocenters. The zero-order valence-electron chi connectivity index (χ0n) is 6.50. The van der Waals surface area contributed by atoms with E-state index in [0.29, 0.717) is 0 Å². The summed E-state index contributed by atoms with van der Waals surface area (Å²) in [5, 5.41) is 9.68. The predicted molar refractivity (Wildman–Crippen MR) is 50.8 cm³/mol. The topological polar surface area (TPSA) is 46.2 Å². The van der Waals surface area contributed by atoms with Crippen molar-refractivity contribution < 1.29 is 5.11 Å². The van der Waals surface area contributed by atoms with Crippen LogP contribution >= 0.6 is 15.9 Å². The van der Waals surface area contributed by atoms with Gasteiger partial charge in [-0.2, -0.15) is 0 Å². The maximum absolute atomic E-state index is 9.68. The average Bonchev–Trinajstić information content (AvgIpc) is 2.29. The number of hydrogen-bond acceptors (Lipinski definition) is 2. The normalized spacial score (nSPS) is 27.2. The van der Waals surface area contributed by atoms with Crippen molar-refractivity contribution in [3.63, 3.8) is 0 Å². The van der Waals surface area contributed by atoms with Gasteiger partial charge in [0, 0.05) is 10.5 Å². The van der Waals surface area contributed by atoms with E-state index in [0.717, 1.165) is 22.0 Å². The minimum absolute atomic E-state index is 0.140. The first-order valence-corrected chi connectivity index (χ1v) is 4.70. The van der Waals surface area contributed by atoms with Crippen LogP contribution in [0, 0.1) is 0 Å². The molecule has 0 aliphatic heterocycles. The zero-order chi connectivity index (χ0) is 8.72. The fourth-order valence-corrected chi connectivity index (χ4v) is 2.31. The Morgan fingerprint density at radius 2 is 2.25 bits per heavy atom. The first-order valence-electron chi connectivity index (χ1n) is 3.91. The fraction of sp³-hybridized carbons (Fsp3) is 0.333. The summed E-state index contributed by atoms with van der Waals surface area (Å²) in [6, 6.07) is 5.77. The highest BCUT2D eigenvalue weighted by Crippen LogP contribution is 2.35. The molecule has 1 aromatic rings. The van der Waals surface area contributed by atoms with E-state index >= 15 is 0 Å². The molecule has 1 aliphatic rings. The molecule has 12 heavy (non-hydrogen) atoms. The summed E-state index contributed by atoms with van der Waals surface area (Å²) in [5.74, 6) is 0. The van der Waals surface area contributed by atoms with Crippen molar-refractivity contribution in [1.82, 2.24) is 0 Å². The standard InChI is InChI=1S/C9H10BrNO/c10-6-3-1-2-5-4-7(11)9(12)8(5)6/h1-3,7,9,12H,4,11H2/t7-,9+/m0/s1. The summed E-state index contributed by atoms with van der Waals surface area (Å²) in [4.78, 5) is 0. The van der Waals surface area contributed by atoms with Crippen molar-refractivity contribution in [3.8, 4) is 0 Å². The van der Waals surface area contributed by atoms with Gasteiger partial charge < -0.3 is 10.8 Å². The molecule has 2 atom stereocenters. The number of nitrogens with two attached hydrogens (primary N) is 1. The summed E-state index contributed by atoms with van der Waals surface area (Å²) < 4.78 is 0.959. The number of aliphatic hydroxyl groups excluding tert-OH is 1. The average molecular weight is 228 g/mol. The molecule has 0 fully saturated rings. The highest BCUT2D eigenvalue weighted by atomic mass is 79.9. The Labute approximate surface area is 79.5 Å². The van der Waals surface area contributed by atoms with Crippen LogP contribution in [0.1, 0.15) is 17.2 Å². The second kappa shape index (κ2) is 2.83. The van der Waals surface area contributed by atoms with Gasteiger partial charge in [0.1, 0.15) is 0 Å². The summed E-state index contributed by atoms with van der Waals surface area (Å²) in [6.45, 7) is 0. The van der Waals surface area contributed by atoms with E-state index in [1.54, 1.807) is 0 Å². The second-order valence-corrected chi connectivity index (χ2v) is 3.98. The Morgan fingerprint density at radius 3 is 2.92 bits per heavy atom. The molecule has 0 saturated carbocycles. The molecule has 2 nitrogen and oxygen atoms in total. The fourth-order valence-electron chi connectivity index (χ4n) is 1.67. The molecule has 0 heterocycles. The van der Waals surface area contributed by atoms with E-state index in [1.165, 1.54) is 0 Å². The number of rotatable bonds is 0. The molecular weight excluding hydrogens is 218 g/mol. The first kappa shape index (κ1) is 8.23. The Bertz CT molecular complexity index is 313. The molecule has 0 spiro atoms. The number of hydrogen-bond donors (Lipinski definition) is 2. The summed E-state index contributed by atoms with van der Waals surface area (Å²) in [7, 11) is 0.